The smallest absolute Gasteiger partial charge is 0.253 e. The number of rotatable bonds is 5. The third-order valence-electron chi connectivity index (χ3n) is 4.77. The van der Waals surface area contributed by atoms with Crippen molar-refractivity contribution in [3.05, 3.63) is 71.3 Å². The second-order valence-electron chi connectivity index (χ2n) is 6.59. The van der Waals surface area contributed by atoms with Crippen molar-refractivity contribution in [1.82, 2.24) is 9.80 Å². The minimum Gasteiger partial charge on any atom is -0.496 e. The lowest BCUT2D eigenvalue weighted by Crippen LogP contribution is -2.48. The molecule has 0 bridgehead atoms. The van der Waals surface area contributed by atoms with Crippen molar-refractivity contribution in [2.45, 2.75) is 6.92 Å². The van der Waals surface area contributed by atoms with Crippen LogP contribution in [0.1, 0.15) is 21.5 Å². The molecule has 4 heteroatoms. The van der Waals surface area contributed by atoms with Crippen LogP contribution in [-0.4, -0.2) is 55.5 Å². The molecule has 0 N–H and O–H groups in total. The van der Waals surface area contributed by atoms with E-state index in [0.717, 1.165) is 49.6 Å². The molecule has 1 aliphatic rings. The molecule has 1 heterocycles. The van der Waals surface area contributed by atoms with Crippen LogP contribution in [0, 0.1) is 6.92 Å². The Morgan fingerprint density at radius 1 is 1.08 bits per heavy atom. The molecule has 0 aromatic heterocycles. The van der Waals surface area contributed by atoms with Gasteiger partial charge in [-0.1, -0.05) is 42.5 Å². The van der Waals surface area contributed by atoms with E-state index >= 15 is 0 Å². The highest BCUT2D eigenvalue weighted by Gasteiger charge is 2.21. The van der Waals surface area contributed by atoms with Gasteiger partial charge in [-0.2, -0.15) is 0 Å². The monoisotopic (exact) mass is 350 g/mol. The maximum Gasteiger partial charge on any atom is 0.253 e. The molecule has 26 heavy (non-hydrogen) atoms. The van der Waals surface area contributed by atoms with Gasteiger partial charge in [0.25, 0.3) is 5.91 Å². The maximum atomic E-state index is 12.7. The van der Waals surface area contributed by atoms with E-state index in [1.165, 1.54) is 5.56 Å². The molecule has 0 atom stereocenters. The van der Waals surface area contributed by atoms with E-state index in [1.54, 1.807) is 7.11 Å². The van der Waals surface area contributed by atoms with E-state index in [9.17, 15) is 4.79 Å². The molecule has 4 nitrogen and oxygen atoms in total. The third-order valence-corrected chi connectivity index (χ3v) is 4.77. The van der Waals surface area contributed by atoms with Crippen LogP contribution in [-0.2, 0) is 0 Å². The predicted octanol–water partition coefficient (Wildman–Crippen LogP) is 3.47. The summed E-state index contributed by atoms with van der Waals surface area (Å²) in [5.41, 5.74) is 2.94. The molecule has 2 aromatic rings. The lowest BCUT2D eigenvalue weighted by Gasteiger charge is -2.34. The summed E-state index contributed by atoms with van der Waals surface area (Å²) in [6, 6.07) is 16.0. The van der Waals surface area contributed by atoms with Crippen LogP contribution in [0.25, 0.3) is 6.08 Å². The quantitative estimate of drug-likeness (QED) is 0.828. The maximum absolute atomic E-state index is 12.7. The Hall–Kier alpha value is -2.59. The first-order valence-electron chi connectivity index (χ1n) is 9.05. The standard InChI is InChI=1S/C22H26N2O2/c1-18-17-20(10-11-21(18)26-2)22(25)24-15-13-23(14-16-24)12-6-9-19-7-4-3-5-8-19/h3-11,17H,12-16H2,1-2H3. The third kappa shape index (κ3) is 4.52. The van der Waals surface area contributed by atoms with Crippen molar-refractivity contribution in [1.29, 1.82) is 0 Å². The molecule has 1 aliphatic heterocycles. The fourth-order valence-corrected chi connectivity index (χ4v) is 3.23. The fraction of sp³-hybridized carbons (Fsp3) is 0.318. The summed E-state index contributed by atoms with van der Waals surface area (Å²) < 4.78 is 5.27. The van der Waals surface area contributed by atoms with E-state index in [-0.39, 0.29) is 5.91 Å². The van der Waals surface area contributed by atoms with Crippen molar-refractivity contribution < 1.29 is 9.53 Å². The highest BCUT2D eigenvalue weighted by molar-refractivity contribution is 5.94. The van der Waals surface area contributed by atoms with Gasteiger partial charge in [-0.05, 0) is 36.2 Å². The van der Waals surface area contributed by atoms with Gasteiger partial charge in [-0.25, -0.2) is 0 Å². The zero-order valence-electron chi connectivity index (χ0n) is 15.5. The molecular formula is C22H26N2O2. The molecule has 0 spiro atoms. The zero-order valence-corrected chi connectivity index (χ0v) is 15.5. The molecular weight excluding hydrogens is 324 g/mol. The number of benzene rings is 2. The second kappa shape index (κ2) is 8.68. The SMILES string of the molecule is COc1ccc(C(=O)N2CCN(CC=Cc3ccccc3)CC2)cc1C. The Bertz CT molecular complexity index is 763. The number of aryl methyl sites for hydroxylation is 1. The van der Waals surface area contributed by atoms with Crippen LogP contribution in [0.2, 0.25) is 0 Å². The zero-order chi connectivity index (χ0) is 18.4. The van der Waals surface area contributed by atoms with Gasteiger partial charge in [0.1, 0.15) is 5.75 Å². The molecule has 1 saturated heterocycles. The van der Waals surface area contributed by atoms with Crippen molar-refractivity contribution in [2.24, 2.45) is 0 Å². The average Bonchev–Trinajstić information content (AvgIpc) is 2.69. The first kappa shape index (κ1) is 18.2. The van der Waals surface area contributed by atoms with Crippen molar-refractivity contribution in [3.63, 3.8) is 0 Å². The van der Waals surface area contributed by atoms with Gasteiger partial charge in [-0.3, -0.25) is 9.69 Å². The number of piperazine rings is 1. The number of methoxy groups -OCH3 is 1. The first-order valence-corrected chi connectivity index (χ1v) is 9.05. The molecule has 1 fully saturated rings. The predicted molar refractivity (Wildman–Crippen MR) is 106 cm³/mol. The summed E-state index contributed by atoms with van der Waals surface area (Å²) in [6.45, 7) is 6.22. The Morgan fingerprint density at radius 2 is 1.81 bits per heavy atom. The Labute approximate surface area is 155 Å². The topological polar surface area (TPSA) is 32.8 Å². The van der Waals surface area contributed by atoms with E-state index in [1.807, 2.05) is 48.2 Å². The van der Waals surface area contributed by atoms with Crippen LogP contribution < -0.4 is 4.74 Å². The van der Waals surface area contributed by atoms with Gasteiger partial charge in [0.2, 0.25) is 0 Å². The van der Waals surface area contributed by atoms with E-state index in [0.29, 0.717) is 0 Å². The van der Waals surface area contributed by atoms with Gasteiger partial charge in [-0.15, -0.1) is 0 Å². The Balaban J connectivity index is 1.51. The van der Waals surface area contributed by atoms with Gasteiger partial charge < -0.3 is 9.64 Å². The van der Waals surface area contributed by atoms with Crippen LogP contribution in [0.5, 0.6) is 5.75 Å². The summed E-state index contributed by atoms with van der Waals surface area (Å²) in [4.78, 5) is 17.0. The van der Waals surface area contributed by atoms with Gasteiger partial charge in [0, 0.05) is 38.3 Å². The molecule has 0 radical (unpaired) electrons. The molecule has 0 saturated carbocycles. The van der Waals surface area contributed by atoms with E-state index < -0.39 is 0 Å². The molecule has 0 unspecified atom stereocenters. The normalized spacial score (nSPS) is 15.4. The number of ether oxygens (including phenoxy) is 1. The van der Waals surface area contributed by atoms with Gasteiger partial charge >= 0.3 is 0 Å². The number of amides is 1. The first-order chi connectivity index (χ1) is 12.7. The van der Waals surface area contributed by atoms with E-state index in [4.69, 9.17) is 4.74 Å². The summed E-state index contributed by atoms with van der Waals surface area (Å²) in [5.74, 6) is 0.923. The number of hydrogen-bond donors (Lipinski definition) is 0. The lowest BCUT2D eigenvalue weighted by atomic mass is 10.1. The molecule has 3 rings (SSSR count). The Kier molecular flexibility index (Phi) is 6.08. The second-order valence-corrected chi connectivity index (χ2v) is 6.59. The van der Waals surface area contributed by atoms with E-state index in [2.05, 4.69) is 29.2 Å². The Morgan fingerprint density at radius 3 is 2.46 bits per heavy atom. The number of nitrogens with zero attached hydrogens (tertiary/aromatic N) is 2. The summed E-state index contributed by atoms with van der Waals surface area (Å²) in [5, 5.41) is 0. The molecule has 0 aliphatic carbocycles. The molecule has 1 amide bonds. The highest BCUT2D eigenvalue weighted by atomic mass is 16.5. The van der Waals surface area contributed by atoms with Crippen LogP contribution in [0.15, 0.2) is 54.6 Å². The van der Waals surface area contributed by atoms with Crippen molar-refractivity contribution in [3.8, 4) is 5.75 Å². The lowest BCUT2D eigenvalue weighted by molar-refractivity contribution is 0.0650. The summed E-state index contributed by atoms with van der Waals surface area (Å²) in [6.07, 6.45) is 4.34. The number of carbonyl (C=O) groups is 1. The molecule has 136 valence electrons. The minimum absolute atomic E-state index is 0.107. The number of carbonyl (C=O) groups excluding carboxylic acids is 1. The highest BCUT2D eigenvalue weighted by Crippen LogP contribution is 2.20. The minimum atomic E-state index is 0.107. The van der Waals surface area contributed by atoms with Crippen LogP contribution in [0.4, 0.5) is 0 Å². The van der Waals surface area contributed by atoms with Gasteiger partial charge in [0.15, 0.2) is 0 Å². The van der Waals surface area contributed by atoms with Crippen LogP contribution in [0.3, 0.4) is 0 Å². The van der Waals surface area contributed by atoms with Crippen LogP contribution >= 0.6 is 0 Å². The van der Waals surface area contributed by atoms with Gasteiger partial charge in [0.05, 0.1) is 7.11 Å². The van der Waals surface area contributed by atoms with Crippen molar-refractivity contribution in [2.75, 3.05) is 39.8 Å². The largest absolute Gasteiger partial charge is 0.496 e. The van der Waals surface area contributed by atoms with Crippen molar-refractivity contribution >= 4 is 12.0 Å². The average molecular weight is 350 g/mol. The fourth-order valence-electron chi connectivity index (χ4n) is 3.23. The summed E-state index contributed by atoms with van der Waals surface area (Å²) in [7, 11) is 1.65. The summed E-state index contributed by atoms with van der Waals surface area (Å²) >= 11 is 0. The molecule has 2 aromatic carbocycles. The number of hydrogen-bond acceptors (Lipinski definition) is 3.